The van der Waals surface area contributed by atoms with Crippen LogP contribution in [0.5, 0.6) is 0 Å². The molecule has 0 aliphatic rings. The molecular formula is C14H24N2O3. The molecule has 0 aliphatic heterocycles. The van der Waals surface area contributed by atoms with Crippen LogP contribution in [-0.4, -0.2) is 35.8 Å². The lowest BCUT2D eigenvalue weighted by atomic mass is 9.96. The lowest BCUT2D eigenvalue weighted by molar-refractivity contribution is 0.0594. The number of aliphatic hydroxyl groups is 1. The number of carbonyl (C=O) groups is 1. The minimum absolute atomic E-state index is 0.329. The van der Waals surface area contributed by atoms with E-state index in [1.807, 2.05) is 6.07 Å². The van der Waals surface area contributed by atoms with Gasteiger partial charge in [-0.25, -0.2) is 4.79 Å². The Bertz CT molecular complexity index is 386. The molecule has 0 amide bonds. The molecule has 1 atom stereocenters. The van der Waals surface area contributed by atoms with E-state index in [0.717, 1.165) is 18.5 Å². The summed E-state index contributed by atoms with van der Waals surface area (Å²) < 4.78 is 4.62. The van der Waals surface area contributed by atoms with Crippen molar-refractivity contribution in [3.05, 3.63) is 23.5 Å². The summed E-state index contributed by atoms with van der Waals surface area (Å²) in [6.07, 6.45) is 1.63. The highest BCUT2D eigenvalue weighted by Gasteiger charge is 2.15. The first-order valence-electron chi connectivity index (χ1n) is 6.77. The van der Waals surface area contributed by atoms with Gasteiger partial charge in [0.15, 0.2) is 0 Å². The Kier molecular flexibility index (Phi) is 6.59. The zero-order chi connectivity index (χ0) is 14.3. The molecule has 19 heavy (non-hydrogen) atoms. The Balaban J connectivity index is 2.37. The minimum Gasteiger partial charge on any atom is -0.464 e. The van der Waals surface area contributed by atoms with Gasteiger partial charge < -0.3 is 20.1 Å². The molecule has 0 radical (unpaired) electrons. The number of H-pyrrole nitrogens is 1. The third-order valence-electron chi connectivity index (χ3n) is 3.41. The predicted molar refractivity (Wildman–Crippen MR) is 73.9 cm³/mol. The summed E-state index contributed by atoms with van der Waals surface area (Å²) in [6, 6.07) is 3.53. The summed E-state index contributed by atoms with van der Waals surface area (Å²) in [4.78, 5) is 14.2. The van der Waals surface area contributed by atoms with Crippen molar-refractivity contribution in [2.45, 2.75) is 39.3 Å². The molecule has 0 bridgehead atoms. The van der Waals surface area contributed by atoms with Gasteiger partial charge in [-0.2, -0.15) is 0 Å². The highest BCUT2D eigenvalue weighted by atomic mass is 16.5. The highest BCUT2D eigenvalue weighted by molar-refractivity contribution is 5.87. The SMILES string of the molecule is CCC(CC)C(O)CNCc1ccc(C(=O)OC)[nH]1. The van der Waals surface area contributed by atoms with E-state index in [1.165, 1.54) is 7.11 Å². The van der Waals surface area contributed by atoms with Crippen LogP contribution in [0.4, 0.5) is 0 Å². The molecular weight excluding hydrogens is 244 g/mol. The van der Waals surface area contributed by atoms with Crippen molar-refractivity contribution in [2.24, 2.45) is 5.92 Å². The summed E-state index contributed by atoms with van der Waals surface area (Å²) in [5, 5.41) is 13.2. The van der Waals surface area contributed by atoms with Gasteiger partial charge in [0, 0.05) is 18.8 Å². The molecule has 1 unspecified atom stereocenters. The second kappa shape index (κ2) is 7.96. The first-order valence-corrected chi connectivity index (χ1v) is 6.77. The van der Waals surface area contributed by atoms with Crippen molar-refractivity contribution in [1.29, 1.82) is 0 Å². The number of rotatable bonds is 8. The van der Waals surface area contributed by atoms with Gasteiger partial charge >= 0.3 is 5.97 Å². The lowest BCUT2D eigenvalue weighted by Crippen LogP contribution is -2.32. The Morgan fingerprint density at radius 3 is 2.68 bits per heavy atom. The number of hydrogen-bond donors (Lipinski definition) is 3. The van der Waals surface area contributed by atoms with Gasteiger partial charge in [0.2, 0.25) is 0 Å². The Morgan fingerprint density at radius 1 is 1.42 bits per heavy atom. The van der Waals surface area contributed by atoms with E-state index in [0.29, 0.717) is 24.7 Å². The minimum atomic E-state index is -0.372. The maximum absolute atomic E-state index is 11.3. The van der Waals surface area contributed by atoms with Crippen molar-refractivity contribution in [2.75, 3.05) is 13.7 Å². The fourth-order valence-corrected chi connectivity index (χ4v) is 2.13. The van der Waals surface area contributed by atoms with Gasteiger partial charge in [-0.05, 0) is 18.1 Å². The lowest BCUT2D eigenvalue weighted by Gasteiger charge is -2.20. The molecule has 108 valence electrons. The van der Waals surface area contributed by atoms with Crippen molar-refractivity contribution in [1.82, 2.24) is 10.3 Å². The van der Waals surface area contributed by atoms with Crippen LogP contribution in [0.25, 0.3) is 0 Å². The number of aromatic amines is 1. The van der Waals surface area contributed by atoms with E-state index in [1.54, 1.807) is 6.07 Å². The fourth-order valence-electron chi connectivity index (χ4n) is 2.13. The summed E-state index contributed by atoms with van der Waals surface area (Å²) in [5.74, 6) is -0.0370. The number of aliphatic hydroxyl groups excluding tert-OH is 1. The Hall–Kier alpha value is -1.33. The Morgan fingerprint density at radius 2 is 2.11 bits per heavy atom. The molecule has 3 N–H and O–H groups in total. The van der Waals surface area contributed by atoms with Gasteiger partial charge in [0.05, 0.1) is 13.2 Å². The third-order valence-corrected chi connectivity index (χ3v) is 3.41. The molecule has 0 fully saturated rings. The summed E-state index contributed by atoms with van der Waals surface area (Å²) in [6.45, 7) is 5.32. The van der Waals surface area contributed by atoms with E-state index in [9.17, 15) is 9.90 Å². The number of esters is 1. The molecule has 1 aromatic rings. The first kappa shape index (κ1) is 15.7. The summed E-state index contributed by atoms with van der Waals surface area (Å²) in [5.41, 5.74) is 1.34. The van der Waals surface area contributed by atoms with Crippen molar-refractivity contribution < 1.29 is 14.6 Å². The molecule has 1 heterocycles. The zero-order valence-electron chi connectivity index (χ0n) is 11.9. The van der Waals surface area contributed by atoms with E-state index in [2.05, 4.69) is 28.9 Å². The second-order valence-electron chi connectivity index (χ2n) is 4.66. The number of hydrogen-bond acceptors (Lipinski definition) is 4. The van der Waals surface area contributed by atoms with E-state index in [4.69, 9.17) is 0 Å². The van der Waals surface area contributed by atoms with Crippen LogP contribution in [0.2, 0.25) is 0 Å². The summed E-state index contributed by atoms with van der Waals surface area (Å²) in [7, 11) is 1.35. The van der Waals surface area contributed by atoms with Crippen LogP contribution in [0, 0.1) is 5.92 Å². The van der Waals surface area contributed by atoms with Crippen LogP contribution in [0.15, 0.2) is 12.1 Å². The number of ether oxygens (including phenoxy) is 1. The van der Waals surface area contributed by atoms with Crippen LogP contribution < -0.4 is 5.32 Å². The van der Waals surface area contributed by atoms with Crippen molar-refractivity contribution in [3.63, 3.8) is 0 Å². The van der Waals surface area contributed by atoms with Crippen LogP contribution in [0.3, 0.4) is 0 Å². The smallest absolute Gasteiger partial charge is 0.354 e. The van der Waals surface area contributed by atoms with Crippen molar-refractivity contribution in [3.8, 4) is 0 Å². The number of carbonyl (C=O) groups excluding carboxylic acids is 1. The average molecular weight is 268 g/mol. The molecule has 0 saturated carbocycles. The van der Waals surface area contributed by atoms with Gasteiger partial charge in [-0.1, -0.05) is 26.7 Å². The average Bonchev–Trinajstić information content (AvgIpc) is 2.88. The van der Waals surface area contributed by atoms with Gasteiger partial charge in [-0.15, -0.1) is 0 Å². The fraction of sp³-hybridized carbons (Fsp3) is 0.643. The molecule has 0 saturated heterocycles. The third kappa shape index (κ3) is 4.69. The number of methoxy groups -OCH3 is 1. The second-order valence-corrected chi connectivity index (χ2v) is 4.66. The quantitative estimate of drug-likeness (QED) is 0.627. The maximum atomic E-state index is 11.3. The molecule has 1 aromatic heterocycles. The summed E-state index contributed by atoms with van der Waals surface area (Å²) >= 11 is 0. The van der Waals surface area contributed by atoms with E-state index < -0.39 is 0 Å². The largest absolute Gasteiger partial charge is 0.464 e. The zero-order valence-corrected chi connectivity index (χ0v) is 11.9. The highest BCUT2D eigenvalue weighted by Crippen LogP contribution is 2.12. The van der Waals surface area contributed by atoms with Crippen LogP contribution in [0.1, 0.15) is 42.9 Å². The van der Waals surface area contributed by atoms with E-state index >= 15 is 0 Å². The monoisotopic (exact) mass is 268 g/mol. The van der Waals surface area contributed by atoms with Crippen LogP contribution in [-0.2, 0) is 11.3 Å². The molecule has 1 rings (SSSR count). The maximum Gasteiger partial charge on any atom is 0.354 e. The van der Waals surface area contributed by atoms with Crippen molar-refractivity contribution >= 4 is 5.97 Å². The molecule has 5 heteroatoms. The molecule has 0 spiro atoms. The Labute approximate surface area is 114 Å². The van der Waals surface area contributed by atoms with Crippen LogP contribution >= 0.6 is 0 Å². The standard InChI is InChI=1S/C14H24N2O3/c1-4-10(5-2)13(17)9-15-8-11-6-7-12(16-11)14(18)19-3/h6-7,10,13,15-17H,4-5,8-9H2,1-3H3. The van der Waals surface area contributed by atoms with Gasteiger partial charge in [-0.3, -0.25) is 0 Å². The molecule has 0 aromatic carbocycles. The van der Waals surface area contributed by atoms with Gasteiger partial charge in [0.25, 0.3) is 0 Å². The topological polar surface area (TPSA) is 74.3 Å². The number of nitrogens with one attached hydrogen (secondary N) is 2. The molecule has 0 aliphatic carbocycles. The normalized spacial score (nSPS) is 12.7. The molecule has 5 nitrogen and oxygen atoms in total. The number of aromatic nitrogens is 1. The first-order chi connectivity index (χ1) is 9.12. The van der Waals surface area contributed by atoms with E-state index in [-0.39, 0.29) is 12.1 Å². The predicted octanol–water partition coefficient (Wildman–Crippen LogP) is 1.69. The van der Waals surface area contributed by atoms with Gasteiger partial charge in [0.1, 0.15) is 5.69 Å².